The highest BCUT2D eigenvalue weighted by atomic mass is 32.1. The summed E-state index contributed by atoms with van der Waals surface area (Å²) in [7, 11) is 0. The Balaban J connectivity index is 1.64. The number of carbonyl (C=O) groups excluding carboxylic acids is 2. The van der Waals surface area contributed by atoms with Crippen molar-refractivity contribution in [1.29, 1.82) is 0 Å². The number of likely N-dealkylation sites (tertiary alicyclic amines) is 1. The minimum Gasteiger partial charge on any atom is -0.507 e. The first kappa shape index (κ1) is 20.8. The van der Waals surface area contributed by atoms with Crippen LogP contribution < -0.4 is 0 Å². The van der Waals surface area contributed by atoms with E-state index >= 15 is 0 Å². The maximum atomic E-state index is 13.0. The number of ether oxygens (including phenoxy) is 1. The normalized spacial score (nSPS) is 22.2. The number of carbonyl (C=O) groups is 2. The van der Waals surface area contributed by atoms with Crippen LogP contribution in [-0.4, -0.2) is 76.2 Å². The average Bonchev–Trinajstić information content (AvgIpc) is 3.44. The molecule has 160 valence electrons. The number of nitrogens with zero attached hydrogens (tertiary/aromatic N) is 3. The molecule has 30 heavy (non-hydrogen) atoms. The molecule has 2 saturated heterocycles. The van der Waals surface area contributed by atoms with Crippen LogP contribution in [0, 0.1) is 13.8 Å². The molecule has 1 atom stereocenters. The number of hydrogen-bond donors (Lipinski definition) is 2. The highest BCUT2D eigenvalue weighted by Gasteiger charge is 2.46. The number of hydrogen-bond acceptors (Lipinski definition) is 7. The molecule has 4 rings (SSSR count). The van der Waals surface area contributed by atoms with Crippen molar-refractivity contribution in [3.63, 3.8) is 0 Å². The van der Waals surface area contributed by atoms with Gasteiger partial charge in [0, 0.05) is 36.8 Å². The number of Topliss-reactive ketones (excluding diaryl/α,β-unsaturated/α-hetero) is 1. The maximum absolute atomic E-state index is 13.0. The number of aliphatic hydroxyl groups excluding tert-OH is 1. The largest absolute Gasteiger partial charge is 0.507 e. The number of aromatic nitrogens is 2. The van der Waals surface area contributed by atoms with Crippen LogP contribution in [0.15, 0.2) is 23.1 Å². The number of thiophene rings is 1. The van der Waals surface area contributed by atoms with Gasteiger partial charge in [-0.1, -0.05) is 6.07 Å². The molecule has 2 aliphatic rings. The molecule has 4 heterocycles. The molecule has 2 N–H and O–H groups in total. The zero-order chi connectivity index (χ0) is 21.3. The van der Waals surface area contributed by atoms with E-state index < -0.39 is 17.7 Å². The lowest BCUT2D eigenvalue weighted by Gasteiger charge is -2.28. The van der Waals surface area contributed by atoms with Crippen molar-refractivity contribution < 1.29 is 19.4 Å². The lowest BCUT2D eigenvalue weighted by molar-refractivity contribution is -0.140. The molecular formula is C21H26N4O4S. The summed E-state index contributed by atoms with van der Waals surface area (Å²) in [5.74, 6) is -1.36. The molecule has 0 saturated carbocycles. The monoisotopic (exact) mass is 430 g/mol. The lowest BCUT2D eigenvalue weighted by atomic mass is 9.99. The Morgan fingerprint density at radius 3 is 2.70 bits per heavy atom. The fourth-order valence-electron chi connectivity index (χ4n) is 4.18. The number of morpholine rings is 1. The van der Waals surface area contributed by atoms with Crippen molar-refractivity contribution in [3.05, 3.63) is 44.9 Å². The predicted octanol–water partition coefficient (Wildman–Crippen LogP) is 2.23. The smallest absolute Gasteiger partial charge is 0.295 e. The van der Waals surface area contributed by atoms with Gasteiger partial charge in [0.15, 0.2) is 0 Å². The summed E-state index contributed by atoms with van der Waals surface area (Å²) in [4.78, 5) is 30.7. The van der Waals surface area contributed by atoms with Crippen molar-refractivity contribution in [1.82, 2.24) is 20.0 Å². The van der Waals surface area contributed by atoms with Gasteiger partial charge in [0.1, 0.15) is 5.76 Å². The van der Waals surface area contributed by atoms with Crippen LogP contribution in [0.4, 0.5) is 0 Å². The van der Waals surface area contributed by atoms with Crippen molar-refractivity contribution >= 4 is 28.8 Å². The van der Waals surface area contributed by atoms with E-state index in [1.54, 1.807) is 18.7 Å². The van der Waals surface area contributed by atoms with Crippen LogP contribution in [0.3, 0.4) is 0 Å². The Bertz CT molecular complexity index is 940. The molecule has 0 aromatic carbocycles. The Kier molecular flexibility index (Phi) is 6.03. The van der Waals surface area contributed by atoms with E-state index in [9.17, 15) is 14.7 Å². The van der Waals surface area contributed by atoms with E-state index in [0.717, 1.165) is 44.1 Å². The zero-order valence-corrected chi connectivity index (χ0v) is 18.0. The summed E-state index contributed by atoms with van der Waals surface area (Å²) in [5, 5.41) is 19.9. The van der Waals surface area contributed by atoms with Crippen molar-refractivity contribution in [2.45, 2.75) is 26.3 Å². The molecule has 9 heteroatoms. The minimum absolute atomic E-state index is 0.140. The molecule has 0 spiro atoms. The number of aliphatic hydroxyl groups is 1. The molecule has 0 unspecified atom stereocenters. The van der Waals surface area contributed by atoms with Gasteiger partial charge in [-0.15, -0.1) is 11.3 Å². The van der Waals surface area contributed by atoms with E-state index in [1.807, 2.05) is 17.5 Å². The van der Waals surface area contributed by atoms with Crippen LogP contribution >= 0.6 is 11.3 Å². The predicted molar refractivity (Wildman–Crippen MR) is 113 cm³/mol. The Labute approximate surface area is 179 Å². The molecule has 8 nitrogen and oxygen atoms in total. The Morgan fingerprint density at radius 1 is 1.30 bits per heavy atom. The molecular weight excluding hydrogens is 404 g/mol. The van der Waals surface area contributed by atoms with Gasteiger partial charge < -0.3 is 14.7 Å². The standard InChI is InChI=1S/C21H26N4O4S/c1-13-16(14(2)23-22-13)19(26)17-18(15-5-3-12-30-15)25(21(28)20(17)27)7-4-6-24-8-10-29-11-9-24/h3,5,12,18,26H,4,6-11H2,1-2H3,(H,22,23)/t18-/m0/s1. The average molecular weight is 431 g/mol. The SMILES string of the molecule is Cc1n[nH]c(C)c1C(O)=C1C(=O)C(=O)N(CCCN2CCOCC2)[C@H]1c1cccs1. The van der Waals surface area contributed by atoms with E-state index in [2.05, 4.69) is 15.1 Å². The third kappa shape index (κ3) is 3.80. The summed E-state index contributed by atoms with van der Waals surface area (Å²) in [6, 6.07) is 3.21. The number of amides is 1. The van der Waals surface area contributed by atoms with Crippen molar-refractivity contribution in [2.75, 3.05) is 39.4 Å². The second kappa shape index (κ2) is 8.71. The topological polar surface area (TPSA) is 98.8 Å². The fraction of sp³-hybridized carbons (Fsp3) is 0.476. The fourth-order valence-corrected chi connectivity index (χ4v) is 5.02. The van der Waals surface area contributed by atoms with E-state index in [-0.39, 0.29) is 11.3 Å². The molecule has 1 amide bonds. The van der Waals surface area contributed by atoms with Crippen LogP contribution in [0.5, 0.6) is 0 Å². The summed E-state index contributed by atoms with van der Waals surface area (Å²) in [5.41, 5.74) is 1.88. The second-order valence-electron chi connectivity index (χ2n) is 7.62. The van der Waals surface area contributed by atoms with Crippen LogP contribution in [0.2, 0.25) is 0 Å². The van der Waals surface area contributed by atoms with Crippen LogP contribution in [0.1, 0.15) is 34.3 Å². The highest BCUT2D eigenvalue weighted by molar-refractivity contribution is 7.10. The van der Waals surface area contributed by atoms with Gasteiger partial charge in [-0.3, -0.25) is 19.6 Å². The maximum Gasteiger partial charge on any atom is 0.295 e. The van der Waals surface area contributed by atoms with Crippen LogP contribution in [-0.2, 0) is 14.3 Å². The number of aromatic amines is 1. The number of rotatable bonds is 6. The zero-order valence-electron chi connectivity index (χ0n) is 17.2. The molecule has 0 bridgehead atoms. The van der Waals surface area contributed by atoms with Crippen molar-refractivity contribution in [2.24, 2.45) is 0 Å². The van der Waals surface area contributed by atoms with Gasteiger partial charge >= 0.3 is 0 Å². The Hall–Kier alpha value is -2.49. The first-order valence-electron chi connectivity index (χ1n) is 10.1. The van der Waals surface area contributed by atoms with Gasteiger partial charge in [-0.2, -0.15) is 5.10 Å². The minimum atomic E-state index is -0.641. The number of H-pyrrole nitrogens is 1. The highest BCUT2D eigenvalue weighted by Crippen LogP contribution is 2.41. The van der Waals surface area contributed by atoms with Gasteiger partial charge in [-0.25, -0.2) is 0 Å². The first-order chi connectivity index (χ1) is 14.5. The van der Waals surface area contributed by atoms with E-state index in [1.165, 1.54) is 11.3 Å². The van der Waals surface area contributed by atoms with Gasteiger partial charge in [0.05, 0.1) is 36.1 Å². The third-order valence-electron chi connectivity index (χ3n) is 5.69. The third-order valence-corrected chi connectivity index (χ3v) is 6.62. The number of ketones is 1. The molecule has 2 aromatic rings. The van der Waals surface area contributed by atoms with Crippen molar-refractivity contribution in [3.8, 4) is 0 Å². The number of nitrogens with one attached hydrogen (secondary N) is 1. The Morgan fingerprint density at radius 2 is 2.07 bits per heavy atom. The summed E-state index contributed by atoms with van der Waals surface area (Å²) in [6.45, 7) is 8.05. The van der Waals surface area contributed by atoms with Gasteiger partial charge in [0.25, 0.3) is 11.7 Å². The summed E-state index contributed by atoms with van der Waals surface area (Å²) >= 11 is 1.47. The molecule has 2 fully saturated rings. The molecule has 2 aliphatic heterocycles. The molecule has 0 aliphatic carbocycles. The molecule has 2 aromatic heterocycles. The van der Waals surface area contributed by atoms with E-state index in [0.29, 0.717) is 23.5 Å². The quantitative estimate of drug-likeness (QED) is 0.414. The molecule has 0 radical (unpaired) electrons. The summed E-state index contributed by atoms with van der Waals surface area (Å²) < 4.78 is 5.38. The number of aryl methyl sites for hydroxylation is 2. The first-order valence-corrected chi connectivity index (χ1v) is 11.0. The van der Waals surface area contributed by atoms with Gasteiger partial charge in [0.2, 0.25) is 0 Å². The van der Waals surface area contributed by atoms with Gasteiger partial charge in [-0.05, 0) is 31.7 Å². The lowest BCUT2D eigenvalue weighted by Crippen LogP contribution is -2.38. The summed E-state index contributed by atoms with van der Waals surface area (Å²) in [6.07, 6.45) is 0.749. The van der Waals surface area contributed by atoms with E-state index in [4.69, 9.17) is 4.74 Å². The second-order valence-corrected chi connectivity index (χ2v) is 8.60. The van der Waals surface area contributed by atoms with Crippen LogP contribution in [0.25, 0.3) is 5.76 Å².